The summed E-state index contributed by atoms with van der Waals surface area (Å²) in [6, 6.07) is 5.87. The van der Waals surface area contributed by atoms with E-state index in [4.69, 9.17) is 11.6 Å². The quantitative estimate of drug-likeness (QED) is 0.822. The molecular weight excluding hydrogens is 208 g/mol. The number of aromatic amines is 1. The van der Waals surface area contributed by atoms with Crippen LogP contribution in [0.5, 0.6) is 0 Å². The summed E-state index contributed by atoms with van der Waals surface area (Å²) < 4.78 is 0. The fourth-order valence-corrected chi connectivity index (χ4v) is 1.53. The van der Waals surface area contributed by atoms with Gasteiger partial charge in [0.15, 0.2) is 0 Å². The summed E-state index contributed by atoms with van der Waals surface area (Å²) in [4.78, 5) is 7.16. The number of hydrogen-bond donors (Lipinski definition) is 1. The van der Waals surface area contributed by atoms with Crippen molar-refractivity contribution in [1.82, 2.24) is 9.97 Å². The lowest BCUT2D eigenvalue weighted by Crippen LogP contribution is -1.89. The average molecular weight is 219 g/mol. The molecule has 1 aromatic carbocycles. The number of imidazole rings is 1. The molecule has 0 saturated carbocycles. The molecule has 0 saturated heterocycles. The lowest BCUT2D eigenvalue weighted by Gasteiger charge is -2.04. The van der Waals surface area contributed by atoms with Crippen molar-refractivity contribution < 1.29 is 0 Å². The molecule has 1 N–H and O–H groups in total. The number of aryl methyl sites for hydroxylation is 1. The molecule has 2 aromatic rings. The van der Waals surface area contributed by atoms with E-state index in [0.717, 1.165) is 27.5 Å². The highest BCUT2D eigenvalue weighted by Gasteiger charge is 2.05. The number of halogens is 1. The predicted molar refractivity (Wildman–Crippen MR) is 62.9 cm³/mol. The summed E-state index contributed by atoms with van der Waals surface area (Å²) in [6.07, 6.45) is 3.48. The molecule has 0 spiro atoms. The maximum absolute atomic E-state index is 6.05. The first-order chi connectivity index (χ1) is 7.18. The van der Waals surface area contributed by atoms with Crippen LogP contribution in [-0.4, -0.2) is 9.97 Å². The van der Waals surface area contributed by atoms with Crippen LogP contribution in [0.2, 0.25) is 5.02 Å². The minimum Gasteiger partial charge on any atom is -0.345 e. The number of nitrogens with one attached hydrogen (secondary N) is 1. The summed E-state index contributed by atoms with van der Waals surface area (Å²) in [5.41, 5.74) is 2.90. The van der Waals surface area contributed by atoms with Gasteiger partial charge in [-0.15, -0.1) is 0 Å². The van der Waals surface area contributed by atoms with E-state index >= 15 is 0 Å². The lowest BCUT2D eigenvalue weighted by molar-refractivity contribution is 1.24. The molecule has 0 atom stereocenters. The highest BCUT2D eigenvalue weighted by Crippen LogP contribution is 2.23. The minimum atomic E-state index is 0.750. The van der Waals surface area contributed by atoms with Crippen molar-refractivity contribution in [3.8, 4) is 0 Å². The van der Waals surface area contributed by atoms with E-state index < -0.39 is 0 Å². The third-order valence-electron chi connectivity index (χ3n) is 2.30. The van der Waals surface area contributed by atoms with Gasteiger partial charge in [0, 0.05) is 23.0 Å². The number of hydrogen-bond acceptors (Lipinski definition) is 1. The van der Waals surface area contributed by atoms with E-state index in [1.165, 1.54) is 0 Å². The SMILES string of the molecule is C=C(c1ccc(C)c(Cl)c1)c1ncc[nH]1. The largest absolute Gasteiger partial charge is 0.345 e. The van der Waals surface area contributed by atoms with Gasteiger partial charge in [0.25, 0.3) is 0 Å². The van der Waals surface area contributed by atoms with Crippen molar-refractivity contribution in [3.05, 3.63) is 59.1 Å². The van der Waals surface area contributed by atoms with Crippen molar-refractivity contribution in [2.24, 2.45) is 0 Å². The third-order valence-corrected chi connectivity index (χ3v) is 2.71. The monoisotopic (exact) mass is 218 g/mol. The maximum Gasteiger partial charge on any atom is 0.137 e. The van der Waals surface area contributed by atoms with E-state index in [1.807, 2.05) is 25.1 Å². The molecular formula is C12H11ClN2. The van der Waals surface area contributed by atoms with Crippen LogP contribution in [-0.2, 0) is 0 Å². The highest BCUT2D eigenvalue weighted by atomic mass is 35.5. The Labute approximate surface area is 93.6 Å². The molecule has 2 rings (SSSR count). The Balaban J connectivity index is 2.39. The van der Waals surface area contributed by atoms with Gasteiger partial charge in [0.05, 0.1) is 0 Å². The number of aromatic nitrogens is 2. The molecule has 0 aliphatic carbocycles. The van der Waals surface area contributed by atoms with E-state index in [9.17, 15) is 0 Å². The van der Waals surface area contributed by atoms with Crippen molar-refractivity contribution in [2.45, 2.75) is 6.92 Å². The first-order valence-electron chi connectivity index (χ1n) is 4.63. The Morgan fingerprint density at radius 1 is 1.47 bits per heavy atom. The second-order valence-electron chi connectivity index (χ2n) is 3.38. The zero-order valence-corrected chi connectivity index (χ0v) is 9.17. The van der Waals surface area contributed by atoms with E-state index in [0.29, 0.717) is 0 Å². The van der Waals surface area contributed by atoms with Gasteiger partial charge in [-0.25, -0.2) is 4.98 Å². The fourth-order valence-electron chi connectivity index (χ4n) is 1.35. The van der Waals surface area contributed by atoms with Gasteiger partial charge >= 0.3 is 0 Å². The summed E-state index contributed by atoms with van der Waals surface area (Å²) in [6.45, 7) is 5.96. The molecule has 0 radical (unpaired) electrons. The Kier molecular flexibility index (Phi) is 2.60. The second kappa shape index (κ2) is 3.91. The predicted octanol–water partition coefficient (Wildman–Crippen LogP) is 3.43. The Bertz CT molecular complexity index is 486. The van der Waals surface area contributed by atoms with Gasteiger partial charge in [-0.3, -0.25) is 0 Å². The van der Waals surface area contributed by atoms with Gasteiger partial charge in [0.2, 0.25) is 0 Å². The Hall–Kier alpha value is -1.54. The molecule has 0 bridgehead atoms. The molecule has 1 aromatic heterocycles. The van der Waals surface area contributed by atoms with Crippen LogP contribution in [0.25, 0.3) is 5.57 Å². The van der Waals surface area contributed by atoms with Gasteiger partial charge in [-0.2, -0.15) is 0 Å². The molecule has 0 fully saturated rings. The van der Waals surface area contributed by atoms with Crippen LogP contribution in [0.3, 0.4) is 0 Å². The summed E-state index contributed by atoms with van der Waals surface area (Å²) in [5, 5.41) is 0.750. The molecule has 1 heterocycles. The lowest BCUT2D eigenvalue weighted by atomic mass is 10.1. The van der Waals surface area contributed by atoms with Crippen LogP contribution in [0, 0.1) is 6.92 Å². The van der Waals surface area contributed by atoms with Gasteiger partial charge in [-0.1, -0.05) is 30.3 Å². The number of nitrogens with zero attached hydrogens (tertiary/aromatic N) is 1. The van der Waals surface area contributed by atoms with E-state index in [-0.39, 0.29) is 0 Å². The topological polar surface area (TPSA) is 28.7 Å². The fraction of sp³-hybridized carbons (Fsp3) is 0.0833. The van der Waals surface area contributed by atoms with Crippen LogP contribution in [0.4, 0.5) is 0 Å². The highest BCUT2D eigenvalue weighted by molar-refractivity contribution is 6.31. The smallest absolute Gasteiger partial charge is 0.137 e. The zero-order chi connectivity index (χ0) is 10.8. The normalized spacial score (nSPS) is 10.3. The van der Waals surface area contributed by atoms with Crippen LogP contribution in [0.15, 0.2) is 37.2 Å². The third kappa shape index (κ3) is 1.95. The van der Waals surface area contributed by atoms with Crippen molar-refractivity contribution in [2.75, 3.05) is 0 Å². The minimum absolute atomic E-state index is 0.750. The molecule has 0 aliphatic rings. The van der Waals surface area contributed by atoms with Crippen molar-refractivity contribution in [3.63, 3.8) is 0 Å². The van der Waals surface area contributed by atoms with Gasteiger partial charge in [-0.05, 0) is 24.1 Å². The van der Waals surface area contributed by atoms with Crippen molar-refractivity contribution >= 4 is 17.2 Å². The van der Waals surface area contributed by atoms with Crippen LogP contribution >= 0.6 is 11.6 Å². The Morgan fingerprint density at radius 3 is 2.87 bits per heavy atom. The standard InChI is InChI=1S/C12H11ClN2/c1-8-3-4-10(7-11(8)13)9(2)12-14-5-6-15-12/h3-7H,2H2,1H3,(H,14,15). The van der Waals surface area contributed by atoms with Crippen LogP contribution < -0.4 is 0 Å². The van der Waals surface area contributed by atoms with Crippen LogP contribution in [0.1, 0.15) is 17.0 Å². The molecule has 2 nitrogen and oxygen atoms in total. The number of H-pyrrole nitrogens is 1. The van der Waals surface area contributed by atoms with E-state index in [1.54, 1.807) is 12.4 Å². The van der Waals surface area contributed by atoms with Gasteiger partial charge < -0.3 is 4.98 Å². The second-order valence-corrected chi connectivity index (χ2v) is 3.79. The molecule has 3 heteroatoms. The average Bonchev–Trinajstić information content (AvgIpc) is 2.74. The maximum atomic E-state index is 6.05. The molecule has 15 heavy (non-hydrogen) atoms. The summed E-state index contributed by atoms with van der Waals surface area (Å²) in [7, 11) is 0. The first kappa shape index (κ1) is 9.99. The Morgan fingerprint density at radius 2 is 2.27 bits per heavy atom. The molecule has 0 amide bonds. The first-order valence-corrected chi connectivity index (χ1v) is 5.01. The zero-order valence-electron chi connectivity index (χ0n) is 8.42. The van der Waals surface area contributed by atoms with E-state index in [2.05, 4.69) is 16.5 Å². The molecule has 0 aliphatic heterocycles. The summed E-state index contributed by atoms with van der Waals surface area (Å²) in [5.74, 6) is 0.773. The number of rotatable bonds is 2. The molecule has 76 valence electrons. The van der Waals surface area contributed by atoms with Gasteiger partial charge in [0.1, 0.15) is 5.82 Å². The van der Waals surface area contributed by atoms with Crippen molar-refractivity contribution in [1.29, 1.82) is 0 Å². The summed E-state index contributed by atoms with van der Waals surface area (Å²) >= 11 is 6.05. The number of benzene rings is 1. The molecule has 0 unspecified atom stereocenters.